The van der Waals surface area contributed by atoms with Crippen molar-refractivity contribution in [1.29, 1.82) is 0 Å². The molecule has 0 aliphatic carbocycles. The van der Waals surface area contributed by atoms with E-state index < -0.39 is 11.9 Å². The third-order valence-corrected chi connectivity index (χ3v) is 3.46. The minimum absolute atomic E-state index is 0.347. The van der Waals surface area contributed by atoms with E-state index >= 15 is 0 Å². The number of hydrogen-bond acceptors (Lipinski definition) is 2. The maximum atomic E-state index is 14.0. The van der Waals surface area contributed by atoms with E-state index in [4.69, 9.17) is 29.0 Å². The first kappa shape index (κ1) is 14.3. The average Bonchev–Trinajstić information content (AvgIpc) is 2.36. The van der Waals surface area contributed by atoms with Crippen molar-refractivity contribution >= 4 is 23.2 Å². The van der Waals surface area contributed by atoms with Crippen LogP contribution in [0, 0.1) is 12.7 Å². The Bertz CT molecular complexity index is 602. The second-order valence-corrected chi connectivity index (χ2v) is 5.14. The van der Waals surface area contributed by atoms with Gasteiger partial charge in [-0.3, -0.25) is 5.84 Å². The molecule has 2 rings (SSSR count). The highest BCUT2D eigenvalue weighted by Crippen LogP contribution is 2.29. The van der Waals surface area contributed by atoms with E-state index in [1.807, 2.05) is 13.0 Å². The number of halogens is 3. The summed E-state index contributed by atoms with van der Waals surface area (Å²) in [6.07, 6.45) is 0. The summed E-state index contributed by atoms with van der Waals surface area (Å²) in [5, 5.41) is 0.926. The Morgan fingerprint density at radius 2 is 1.68 bits per heavy atom. The second kappa shape index (κ2) is 5.88. The van der Waals surface area contributed by atoms with Gasteiger partial charge in [-0.05, 0) is 42.3 Å². The van der Waals surface area contributed by atoms with Crippen molar-refractivity contribution in [3.05, 3.63) is 69.0 Å². The zero-order valence-corrected chi connectivity index (χ0v) is 11.8. The van der Waals surface area contributed by atoms with E-state index in [2.05, 4.69) is 5.43 Å². The predicted molar refractivity (Wildman–Crippen MR) is 76.8 cm³/mol. The molecule has 0 aromatic heterocycles. The first-order valence-corrected chi connectivity index (χ1v) is 6.45. The number of hydrogen-bond donors (Lipinski definition) is 2. The molecule has 0 spiro atoms. The summed E-state index contributed by atoms with van der Waals surface area (Å²) in [7, 11) is 0. The van der Waals surface area contributed by atoms with Gasteiger partial charge in [0.05, 0.1) is 6.04 Å². The highest BCUT2D eigenvalue weighted by molar-refractivity contribution is 6.30. The molecule has 2 nitrogen and oxygen atoms in total. The SMILES string of the molecule is Cc1ccc(Cl)cc1C(NN)c1ccc(Cl)cc1F. The third-order valence-electron chi connectivity index (χ3n) is 2.99. The highest BCUT2D eigenvalue weighted by Gasteiger charge is 2.18. The van der Waals surface area contributed by atoms with Crippen molar-refractivity contribution in [3.63, 3.8) is 0 Å². The summed E-state index contributed by atoms with van der Waals surface area (Å²) in [4.78, 5) is 0. The van der Waals surface area contributed by atoms with Crippen LogP contribution in [0.15, 0.2) is 36.4 Å². The molecule has 0 amide bonds. The van der Waals surface area contributed by atoms with Gasteiger partial charge in [0.15, 0.2) is 0 Å². The topological polar surface area (TPSA) is 38.0 Å². The van der Waals surface area contributed by atoms with E-state index in [9.17, 15) is 4.39 Å². The van der Waals surface area contributed by atoms with Crippen LogP contribution in [0.25, 0.3) is 0 Å². The molecule has 2 aromatic rings. The molecule has 0 fully saturated rings. The number of benzene rings is 2. The lowest BCUT2D eigenvalue weighted by Crippen LogP contribution is -2.30. The van der Waals surface area contributed by atoms with Gasteiger partial charge in [0, 0.05) is 15.6 Å². The van der Waals surface area contributed by atoms with E-state index in [0.717, 1.165) is 11.1 Å². The maximum Gasteiger partial charge on any atom is 0.129 e. The molecule has 5 heteroatoms. The Hall–Kier alpha value is -1.13. The molecule has 0 radical (unpaired) electrons. The summed E-state index contributed by atoms with van der Waals surface area (Å²) >= 11 is 11.7. The van der Waals surface area contributed by atoms with Crippen molar-refractivity contribution in [2.24, 2.45) is 5.84 Å². The lowest BCUT2D eigenvalue weighted by molar-refractivity contribution is 0.559. The van der Waals surface area contributed by atoms with E-state index in [1.54, 1.807) is 24.3 Å². The number of rotatable bonds is 3. The van der Waals surface area contributed by atoms with Gasteiger partial charge in [0.2, 0.25) is 0 Å². The Labute approximate surface area is 121 Å². The minimum Gasteiger partial charge on any atom is -0.271 e. The van der Waals surface area contributed by atoms with E-state index in [0.29, 0.717) is 15.6 Å². The third kappa shape index (κ3) is 3.07. The zero-order valence-electron chi connectivity index (χ0n) is 10.3. The van der Waals surface area contributed by atoms with Gasteiger partial charge in [-0.2, -0.15) is 0 Å². The molecular weight excluding hydrogens is 286 g/mol. The standard InChI is InChI=1S/C14H13Cl2FN2/c1-8-2-3-9(15)6-12(8)14(19-18)11-5-4-10(16)7-13(11)17/h2-7,14,19H,18H2,1H3. The predicted octanol–water partition coefficient (Wildman–Crippen LogP) is 3.99. The van der Waals surface area contributed by atoms with Gasteiger partial charge in [0.1, 0.15) is 5.82 Å². The van der Waals surface area contributed by atoms with Crippen LogP contribution in [-0.4, -0.2) is 0 Å². The number of aryl methyl sites for hydroxylation is 1. The maximum absolute atomic E-state index is 14.0. The molecule has 3 N–H and O–H groups in total. The van der Waals surface area contributed by atoms with Crippen molar-refractivity contribution in [3.8, 4) is 0 Å². The van der Waals surface area contributed by atoms with E-state index in [-0.39, 0.29) is 0 Å². The molecular formula is C14H13Cl2FN2. The zero-order chi connectivity index (χ0) is 14.0. The molecule has 0 aliphatic heterocycles. The van der Waals surface area contributed by atoms with Crippen LogP contribution in [0.4, 0.5) is 4.39 Å². The molecule has 100 valence electrons. The molecule has 0 heterocycles. The van der Waals surface area contributed by atoms with Crippen LogP contribution in [0.2, 0.25) is 10.0 Å². The Morgan fingerprint density at radius 3 is 2.32 bits per heavy atom. The lowest BCUT2D eigenvalue weighted by Gasteiger charge is -2.20. The van der Waals surface area contributed by atoms with Gasteiger partial charge >= 0.3 is 0 Å². The smallest absolute Gasteiger partial charge is 0.129 e. The largest absolute Gasteiger partial charge is 0.271 e. The summed E-state index contributed by atoms with van der Waals surface area (Å²) in [6.45, 7) is 1.92. The molecule has 0 bridgehead atoms. The van der Waals surface area contributed by atoms with Crippen molar-refractivity contribution in [1.82, 2.24) is 5.43 Å². The normalized spacial score (nSPS) is 12.5. The number of hydrazine groups is 1. The minimum atomic E-state index is -0.476. The second-order valence-electron chi connectivity index (χ2n) is 4.27. The first-order chi connectivity index (χ1) is 9.02. The van der Waals surface area contributed by atoms with Crippen LogP contribution < -0.4 is 11.3 Å². The van der Waals surface area contributed by atoms with Crippen LogP contribution in [0.5, 0.6) is 0 Å². The Morgan fingerprint density at radius 1 is 1.05 bits per heavy atom. The van der Waals surface area contributed by atoms with Crippen LogP contribution in [0.3, 0.4) is 0 Å². The lowest BCUT2D eigenvalue weighted by atomic mass is 9.95. The van der Waals surface area contributed by atoms with Crippen molar-refractivity contribution in [2.75, 3.05) is 0 Å². The average molecular weight is 299 g/mol. The number of nitrogens with two attached hydrogens (primary N) is 1. The molecule has 0 aliphatic rings. The fourth-order valence-electron chi connectivity index (χ4n) is 2.01. The van der Waals surface area contributed by atoms with Gasteiger partial charge in [0.25, 0.3) is 0 Å². The summed E-state index contributed by atoms with van der Waals surface area (Å²) in [5.41, 5.74) is 4.85. The number of nitrogens with one attached hydrogen (secondary N) is 1. The van der Waals surface area contributed by atoms with Crippen LogP contribution in [-0.2, 0) is 0 Å². The fraction of sp³-hybridized carbons (Fsp3) is 0.143. The Kier molecular flexibility index (Phi) is 4.42. The molecule has 0 saturated carbocycles. The van der Waals surface area contributed by atoms with Gasteiger partial charge in [-0.15, -0.1) is 0 Å². The summed E-state index contributed by atoms with van der Waals surface area (Å²) in [6, 6.07) is 9.46. The summed E-state index contributed by atoms with van der Waals surface area (Å²) in [5.74, 6) is 5.16. The highest BCUT2D eigenvalue weighted by atomic mass is 35.5. The van der Waals surface area contributed by atoms with Crippen LogP contribution in [0.1, 0.15) is 22.7 Å². The van der Waals surface area contributed by atoms with Gasteiger partial charge in [-0.1, -0.05) is 35.3 Å². The molecule has 0 saturated heterocycles. The summed E-state index contributed by atoms with van der Waals surface area (Å²) < 4.78 is 14.0. The quantitative estimate of drug-likeness (QED) is 0.664. The van der Waals surface area contributed by atoms with E-state index in [1.165, 1.54) is 6.07 Å². The molecule has 19 heavy (non-hydrogen) atoms. The van der Waals surface area contributed by atoms with Gasteiger partial charge in [-0.25, -0.2) is 9.82 Å². The van der Waals surface area contributed by atoms with Crippen molar-refractivity contribution < 1.29 is 4.39 Å². The van der Waals surface area contributed by atoms with Crippen LogP contribution >= 0.6 is 23.2 Å². The fourth-order valence-corrected chi connectivity index (χ4v) is 2.34. The first-order valence-electron chi connectivity index (χ1n) is 5.70. The monoisotopic (exact) mass is 298 g/mol. The van der Waals surface area contributed by atoms with Crippen molar-refractivity contribution in [2.45, 2.75) is 13.0 Å². The molecule has 2 aromatic carbocycles. The molecule has 1 unspecified atom stereocenters. The Balaban J connectivity index is 2.52. The molecule has 1 atom stereocenters. The van der Waals surface area contributed by atoms with Gasteiger partial charge < -0.3 is 0 Å².